The molecule has 1 atom stereocenters. The van der Waals surface area contributed by atoms with Crippen LogP contribution in [0.4, 0.5) is 0 Å². The zero-order chi connectivity index (χ0) is 12.2. The van der Waals surface area contributed by atoms with E-state index in [-0.39, 0.29) is 12.5 Å². The number of hydrogen-bond donors (Lipinski definition) is 2. The summed E-state index contributed by atoms with van der Waals surface area (Å²) in [6, 6.07) is 3.44. The van der Waals surface area contributed by atoms with Crippen LogP contribution in [0.15, 0.2) is 18.3 Å². The van der Waals surface area contributed by atoms with Gasteiger partial charge in [0.25, 0.3) is 5.91 Å². The fraction of sp³-hybridized carbons (Fsp3) is 0.500. The van der Waals surface area contributed by atoms with E-state index in [2.05, 4.69) is 10.3 Å². The molecule has 1 heterocycles. The fourth-order valence-corrected chi connectivity index (χ4v) is 1.22. The number of aromatic nitrogens is 1. The minimum absolute atomic E-state index is 0.195. The molecule has 0 saturated carbocycles. The summed E-state index contributed by atoms with van der Waals surface area (Å²) in [6.45, 7) is 5.61. The zero-order valence-corrected chi connectivity index (χ0v) is 9.95. The third-order valence-corrected chi connectivity index (χ3v) is 2.64. The molecule has 0 aliphatic heterocycles. The van der Waals surface area contributed by atoms with Crippen LogP contribution in [0.3, 0.4) is 0 Å². The minimum Gasteiger partial charge on any atom is -0.388 e. The molecule has 1 unspecified atom stereocenters. The van der Waals surface area contributed by atoms with Crippen molar-refractivity contribution in [1.82, 2.24) is 10.3 Å². The maximum atomic E-state index is 11.8. The summed E-state index contributed by atoms with van der Waals surface area (Å²) in [5.41, 5.74) is 0.386. The van der Waals surface area contributed by atoms with Gasteiger partial charge >= 0.3 is 0 Å². The van der Waals surface area contributed by atoms with Crippen LogP contribution >= 0.6 is 0 Å². The third-order valence-electron chi connectivity index (χ3n) is 2.64. The highest BCUT2D eigenvalue weighted by Crippen LogP contribution is 2.08. The second-order valence-electron chi connectivity index (χ2n) is 4.17. The number of carbonyl (C=O) groups excluding carboxylic acids is 1. The molecule has 88 valence electrons. The van der Waals surface area contributed by atoms with Gasteiger partial charge in [0.1, 0.15) is 0 Å². The number of aliphatic hydroxyl groups is 1. The van der Waals surface area contributed by atoms with Crippen molar-refractivity contribution in [1.29, 1.82) is 0 Å². The van der Waals surface area contributed by atoms with Crippen molar-refractivity contribution < 1.29 is 9.90 Å². The van der Waals surface area contributed by atoms with Crippen molar-refractivity contribution in [3.63, 3.8) is 0 Å². The molecule has 0 aromatic carbocycles. The van der Waals surface area contributed by atoms with Crippen molar-refractivity contribution in [3.8, 4) is 0 Å². The maximum absolute atomic E-state index is 11.8. The van der Waals surface area contributed by atoms with Gasteiger partial charge in [-0.05, 0) is 32.4 Å². The monoisotopic (exact) mass is 222 g/mol. The number of aryl methyl sites for hydroxylation is 1. The summed E-state index contributed by atoms with van der Waals surface area (Å²) < 4.78 is 0. The molecule has 1 amide bonds. The predicted octanol–water partition coefficient (Wildman–Crippen LogP) is 1.28. The van der Waals surface area contributed by atoms with E-state index in [0.717, 1.165) is 0 Å². The quantitative estimate of drug-likeness (QED) is 0.806. The second-order valence-corrected chi connectivity index (χ2v) is 4.17. The van der Waals surface area contributed by atoms with Crippen molar-refractivity contribution in [3.05, 3.63) is 29.6 Å². The Balaban J connectivity index is 2.64. The van der Waals surface area contributed by atoms with Gasteiger partial charge in [-0.2, -0.15) is 0 Å². The fourth-order valence-electron chi connectivity index (χ4n) is 1.22. The largest absolute Gasteiger partial charge is 0.388 e. The Labute approximate surface area is 95.7 Å². The number of pyridine rings is 1. The Bertz CT molecular complexity index is 375. The number of nitrogens with one attached hydrogen (secondary N) is 1. The standard InChI is InChI=1S/C12H18N2O2/c1-4-12(3,16)8-14-11(15)10-6-5-7-13-9(10)2/h5-7,16H,4,8H2,1-3H3,(H,14,15). The first-order valence-corrected chi connectivity index (χ1v) is 5.38. The lowest BCUT2D eigenvalue weighted by Crippen LogP contribution is -2.40. The highest BCUT2D eigenvalue weighted by Gasteiger charge is 2.19. The summed E-state index contributed by atoms with van der Waals surface area (Å²) in [4.78, 5) is 15.8. The smallest absolute Gasteiger partial charge is 0.253 e. The predicted molar refractivity (Wildman–Crippen MR) is 62.2 cm³/mol. The van der Waals surface area contributed by atoms with Crippen LogP contribution in [0.2, 0.25) is 0 Å². The average Bonchev–Trinajstić information content (AvgIpc) is 2.27. The lowest BCUT2D eigenvalue weighted by Gasteiger charge is -2.21. The number of carbonyl (C=O) groups is 1. The molecule has 1 rings (SSSR count). The van der Waals surface area contributed by atoms with E-state index >= 15 is 0 Å². The lowest BCUT2D eigenvalue weighted by molar-refractivity contribution is 0.0518. The van der Waals surface area contributed by atoms with Gasteiger partial charge in [0.2, 0.25) is 0 Å². The average molecular weight is 222 g/mol. The highest BCUT2D eigenvalue weighted by atomic mass is 16.3. The summed E-state index contributed by atoms with van der Waals surface area (Å²) in [5, 5.41) is 12.5. The summed E-state index contributed by atoms with van der Waals surface area (Å²) in [5.74, 6) is -0.195. The maximum Gasteiger partial charge on any atom is 0.253 e. The van der Waals surface area contributed by atoms with Crippen LogP contribution in [0, 0.1) is 6.92 Å². The van der Waals surface area contributed by atoms with Gasteiger partial charge in [0.05, 0.1) is 11.2 Å². The van der Waals surface area contributed by atoms with Crippen LogP contribution in [0.5, 0.6) is 0 Å². The van der Waals surface area contributed by atoms with Crippen LogP contribution in [-0.4, -0.2) is 28.1 Å². The molecule has 0 aliphatic carbocycles. The number of nitrogens with zero attached hydrogens (tertiary/aromatic N) is 1. The first kappa shape index (κ1) is 12.6. The molecule has 0 fully saturated rings. The van der Waals surface area contributed by atoms with Gasteiger partial charge in [-0.25, -0.2) is 0 Å². The Hall–Kier alpha value is -1.42. The molecule has 0 saturated heterocycles. The molecular formula is C12H18N2O2. The van der Waals surface area contributed by atoms with Gasteiger partial charge < -0.3 is 10.4 Å². The third kappa shape index (κ3) is 3.31. The normalized spacial score (nSPS) is 14.2. The first-order chi connectivity index (χ1) is 7.46. The van der Waals surface area contributed by atoms with E-state index in [0.29, 0.717) is 17.7 Å². The van der Waals surface area contributed by atoms with Crippen LogP contribution in [0.25, 0.3) is 0 Å². The van der Waals surface area contributed by atoms with Crippen molar-refractivity contribution >= 4 is 5.91 Å². The van der Waals surface area contributed by atoms with Gasteiger partial charge in [-0.3, -0.25) is 9.78 Å². The van der Waals surface area contributed by atoms with Crippen molar-refractivity contribution in [2.45, 2.75) is 32.8 Å². The number of amides is 1. The van der Waals surface area contributed by atoms with E-state index < -0.39 is 5.60 Å². The Morgan fingerprint density at radius 3 is 2.88 bits per heavy atom. The van der Waals surface area contributed by atoms with E-state index in [1.807, 2.05) is 6.92 Å². The van der Waals surface area contributed by atoms with Crippen molar-refractivity contribution in [2.75, 3.05) is 6.54 Å². The molecule has 1 aromatic rings. The molecule has 0 radical (unpaired) electrons. The number of hydrogen-bond acceptors (Lipinski definition) is 3. The molecule has 1 aromatic heterocycles. The summed E-state index contributed by atoms with van der Waals surface area (Å²) in [6.07, 6.45) is 2.24. The zero-order valence-electron chi connectivity index (χ0n) is 9.95. The van der Waals surface area contributed by atoms with E-state index in [1.54, 1.807) is 32.2 Å². The Kier molecular flexibility index (Phi) is 4.01. The van der Waals surface area contributed by atoms with Gasteiger partial charge in [0.15, 0.2) is 0 Å². The van der Waals surface area contributed by atoms with E-state index in [9.17, 15) is 9.90 Å². The summed E-state index contributed by atoms with van der Waals surface area (Å²) in [7, 11) is 0. The highest BCUT2D eigenvalue weighted by molar-refractivity contribution is 5.95. The van der Waals surface area contributed by atoms with Gasteiger partial charge in [-0.1, -0.05) is 6.92 Å². The molecular weight excluding hydrogens is 204 g/mol. The van der Waals surface area contributed by atoms with E-state index in [4.69, 9.17) is 0 Å². The molecule has 0 spiro atoms. The molecule has 4 nitrogen and oxygen atoms in total. The summed E-state index contributed by atoms with van der Waals surface area (Å²) >= 11 is 0. The van der Waals surface area contributed by atoms with Gasteiger partial charge in [0, 0.05) is 18.4 Å². The Morgan fingerprint density at radius 1 is 1.62 bits per heavy atom. The second kappa shape index (κ2) is 5.07. The molecule has 4 heteroatoms. The van der Waals surface area contributed by atoms with Crippen LogP contribution in [0.1, 0.15) is 36.3 Å². The van der Waals surface area contributed by atoms with Crippen LogP contribution < -0.4 is 5.32 Å². The SMILES string of the molecule is CCC(C)(O)CNC(=O)c1cccnc1C. The molecule has 0 bridgehead atoms. The first-order valence-electron chi connectivity index (χ1n) is 5.38. The molecule has 16 heavy (non-hydrogen) atoms. The Morgan fingerprint density at radius 2 is 2.31 bits per heavy atom. The molecule has 0 aliphatic rings. The number of rotatable bonds is 4. The topological polar surface area (TPSA) is 62.2 Å². The van der Waals surface area contributed by atoms with E-state index in [1.165, 1.54) is 0 Å². The lowest BCUT2D eigenvalue weighted by atomic mass is 10.0. The minimum atomic E-state index is -0.855. The van der Waals surface area contributed by atoms with Gasteiger partial charge in [-0.15, -0.1) is 0 Å². The van der Waals surface area contributed by atoms with Crippen LogP contribution in [-0.2, 0) is 0 Å². The molecule has 2 N–H and O–H groups in total. The van der Waals surface area contributed by atoms with Crippen molar-refractivity contribution in [2.24, 2.45) is 0 Å².